The van der Waals surface area contributed by atoms with E-state index in [1.165, 1.54) is 27.6 Å². The van der Waals surface area contributed by atoms with Crippen LogP contribution in [0.1, 0.15) is 23.6 Å². The minimum absolute atomic E-state index is 0.625. The molecule has 0 radical (unpaired) electrons. The van der Waals surface area contributed by atoms with Crippen LogP contribution < -0.4 is 10.6 Å². The Balaban J connectivity index is 1.58. The van der Waals surface area contributed by atoms with Gasteiger partial charge in [0.25, 0.3) is 0 Å². The molecule has 0 bridgehead atoms. The van der Waals surface area contributed by atoms with Crippen LogP contribution in [-0.4, -0.2) is 31.1 Å². The Hall–Kier alpha value is -2.79. The Bertz CT molecular complexity index is 885. The second-order valence-electron chi connectivity index (χ2n) is 6.48. The third-order valence-corrected chi connectivity index (χ3v) is 4.43. The Morgan fingerprint density at radius 3 is 2.78 bits per heavy atom. The minimum atomic E-state index is 0.625. The predicted molar refractivity (Wildman–Crippen MR) is 112 cm³/mol. The summed E-state index contributed by atoms with van der Waals surface area (Å²) in [5.41, 5.74) is 4.85. The van der Waals surface area contributed by atoms with E-state index in [-0.39, 0.29) is 0 Å². The number of hydrogen-bond acceptors (Lipinski definition) is 2. The fourth-order valence-electron chi connectivity index (χ4n) is 3.15. The normalized spacial score (nSPS) is 11.7. The van der Waals surface area contributed by atoms with E-state index in [0.717, 1.165) is 25.5 Å². The highest BCUT2D eigenvalue weighted by Crippen LogP contribution is 2.17. The first-order valence-corrected chi connectivity index (χ1v) is 9.44. The summed E-state index contributed by atoms with van der Waals surface area (Å²) in [6.45, 7) is 5.01. The third-order valence-electron chi connectivity index (χ3n) is 4.43. The fraction of sp³-hybridized carbons (Fsp3) is 0.318. The maximum Gasteiger partial charge on any atom is 0.191 e. The number of fused-ring (bicyclic) bond motifs is 1. The lowest BCUT2D eigenvalue weighted by atomic mass is 10.1. The molecule has 0 unspecified atom stereocenters. The maximum absolute atomic E-state index is 5.20. The first-order chi connectivity index (χ1) is 13.3. The molecule has 1 aromatic heterocycles. The lowest BCUT2D eigenvalue weighted by Crippen LogP contribution is -2.38. The molecular formula is C22H28N4O. The van der Waals surface area contributed by atoms with E-state index in [1.54, 1.807) is 7.11 Å². The summed E-state index contributed by atoms with van der Waals surface area (Å²) >= 11 is 0. The molecule has 2 aromatic carbocycles. The van der Waals surface area contributed by atoms with E-state index in [1.807, 2.05) is 0 Å². The van der Waals surface area contributed by atoms with E-state index in [4.69, 9.17) is 9.73 Å². The molecule has 0 aliphatic rings. The highest BCUT2D eigenvalue weighted by Gasteiger charge is 2.04. The number of guanidine groups is 1. The van der Waals surface area contributed by atoms with Crippen LogP contribution >= 0.6 is 0 Å². The topological polar surface area (TPSA) is 61.4 Å². The number of aromatic amines is 1. The van der Waals surface area contributed by atoms with E-state index in [9.17, 15) is 0 Å². The van der Waals surface area contributed by atoms with Gasteiger partial charge in [0.15, 0.2) is 5.96 Å². The van der Waals surface area contributed by atoms with Gasteiger partial charge in [0, 0.05) is 37.3 Å². The Morgan fingerprint density at radius 1 is 1.07 bits per heavy atom. The number of H-pyrrole nitrogens is 1. The molecular weight excluding hydrogens is 336 g/mol. The molecule has 0 fully saturated rings. The Morgan fingerprint density at radius 2 is 1.93 bits per heavy atom. The molecule has 27 heavy (non-hydrogen) atoms. The number of hydrogen-bond donors (Lipinski definition) is 3. The second kappa shape index (κ2) is 9.78. The van der Waals surface area contributed by atoms with Crippen LogP contribution in [0.3, 0.4) is 0 Å². The van der Waals surface area contributed by atoms with Gasteiger partial charge in [0.2, 0.25) is 0 Å². The number of aromatic nitrogens is 1. The van der Waals surface area contributed by atoms with Gasteiger partial charge in [-0.15, -0.1) is 0 Å². The summed E-state index contributed by atoms with van der Waals surface area (Å²) in [6, 6.07) is 16.8. The van der Waals surface area contributed by atoms with Gasteiger partial charge >= 0.3 is 0 Å². The SMILES string of the molecule is CCNC(=NCc1cccc(COC)c1)NCCc1c[nH]c2ccccc12. The van der Waals surface area contributed by atoms with E-state index >= 15 is 0 Å². The van der Waals surface area contributed by atoms with Crippen LogP contribution in [-0.2, 0) is 24.3 Å². The van der Waals surface area contributed by atoms with Gasteiger partial charge in [-0.25, -0.2) is 4.99 Å². The van der Waals surface area contributed by atoms with Gasteiger partial charge in [-0.2, -0.15) is 0 Å². The molecule has 0 atom stereocenters. The summed E-state index contributed by atoms with van der Waals surface area (Å²) in [4.78, 5) is 8.04. The molecule has 0 aliphatic carbocycles. The number of nitrogens with zero attached hydrogens (tertiary/aromatic N) is 1. The maximum atomic E-state index is 5.20. The average molecular weight is 364 g/mol. The third kappa shape index (κ3) is 5.34. The van der Waals surface area contributed by atoms with Crippen molar-refractivity contribution < 1.29 is 4.74 Å². The largest absolute Gasteiger partial charge is 0.380 e. The standard InChI is InChI=1S/C22H28N4O/c1-3-23-22(26-14-17-7-6-8-18(13-17)16-27-2)24-12-11-19-15-25-21-10-5-4-9-20(19)21/h4-10,13,15,25H,3,11-12,14,16H2,1-2H3,(H2,23,24,26). The minimum Gasteiger partial charge on any atom is -0.380 e. The molecule has 3 N–H and O–H groups in total. The van der Waals surface area contributed by atoms with Gasteiger partial charge < -0.3 is 20.4 Å². The van der Waals surface area contributed by atoms with Gasteiger partial charge in [0.05, 0.1) is 13.2 Å². The second-order valence-corrected chi connectivity index (χ2v) is 6.48. The van der Waals surface area contributed by atoms with Crippen LogP contribution in [0.2, 0.25) is 0 Å². The fourth-order valence-corrected chi connectivity index (χ4v) is 3.15. The molecule has 0 saturated carbocycles. The van der Waals surface area contributed by atoms with E-state index in [0.29, 0.717) is 13.2 Å². The predicted octanol–water partition coefficient (Wildman–Crippen LogP) is 3.61. The lowest BCUT2D eigenvalue weighted by Gasteiger charge is -2.11. The number of para-hydroxylation sites is 1. The number of nitrogens with one attached hydrogen (secondary N) is 3. The Kier molecular flexibility index (Phi) is 6.88. The monoisotopic (exact) mass is 364 g/mol. The van der Waals surface area contributed by atoms with Crippen molar-refractivity contribution in [3.63, 3.8) is 0 Å². The summed E-state index contributed by atoms with van der Waals surface area (Å²) < 4.78 is 5.20. The average Bonchev–Trinajstić information content (AvgIpc) is 3.10. The number of rotatable bonds is 8. The molecule has 1 heterocycles. The lowest BCUT2D eigenvalue weighted by molar-refractivity contribution is 0.185. The molecule has 0 saturated heterocycles. The molecule has 0 amide bonds. The van der Waals surface area contributed by atoms with Crippen LogP contribution in [0.4, 0.5) is 0 Å². The highest BCUT2D eigenvalue weighted by atomic mass is 16.5. The van der Waals surface area contributed by atoms with Crippen molar-refractivity contribution in [1.82, 2.24) is 15.6 Å². The Labute approximate surface area is 160 Å². The highest BCUT2D eigenvalue weighted by molar-refractivity contribution is 5.83. The first kappa shape index (κ1) is 19.0. The molecule has 0 spiro atoms. The number of ether oxygens (including phenoxy) is 1. The van der Waals surface area contributed by atoms with Crippen molar-refractivity contribution >= 4 is 16.9 Å². The van der Waals surface area contributed by atoms with Crippen LogP contribution in [0.25, 0.3) is 10.9 Å². The molecule has 3 aromatic rings. The zero-order chi connectivity index (χ0) is 18.9. The van der Waals surface area contributed by atoms with Gasteiger partial charge in [-0.1, -0.05) is 42.5 Å². The molecule has 5 heteroatoms. The van der Waals surface area contributed by atoms with Crippen molar-refractivity contribution in [1.29, 1.82) is 0 Å². The van der Waals surface area contributed by atoms with E-state index < -0.39 is 0 Å². The summed E-state index contributed by atoms with van der Waals surface area (Å²) in [6.07, 6.45) is 3.04. The smallest absolute Gasteiger partial charge is 0.191 e. The van der Waals surface area contributed by atoms with Crippen molar-refractivity contribution in [3.05, 3.63) is 71.4 Å². The van der Waals surface area contributed by atoms with Crippen LogP contribution in [0.5, 0.6) is 0 Å². The molecule has 3 rings (SSSR count). The van der Waals surface area contributed by atoms with Crippen molar-refractivity contribution in [3.8, 4) is 0 Å². The van der Waals surface area contributed by atoms with Crippen molar-refractivity contribution in [2.24, 2.45) is 4.99 Å². The molecule has 0 aliphatic heterocycles. The zero-order valence-corrected chi connectivity index (χ0v) is 16.1. The quantitative estimate of drug-likeness (QED) is 0.423. The van der Waals surface area contributed by atoms with E-state index in [2.05, 4.69) is 77.3 Å². The number of benzene rings is 2. The summed E-state index contributed by atoms with van der Waals surface area (Å²) in [5, 5.41) is 8.04. The van der Waals surface area contributed by atoms with Crippen molar-refractivity contribution in [2.75, 3.05) is 20.2 Å². The number of aliphatic imine (C=N–C) groups is 1. The van der Waals surface area contributed by atoms with Crippen LogP contribution in [0, 0.1) is 0 Å². The number of methoxy groups -OCH3 is 1. The molecule has 142 valence electrons. The first-order valence-electron chi connectivity index (χ1n) is 9.44. The van der Waals surface area contributed by atoms with Crippen LogP contribution in [0.15, 0.2) is 59.7 Å². The van der Waals surface area contributed by atoms with Crippen molar-refractivity contribution in [2.45, 2.75) is 26.5 Å². The summed E-state index contributed by atoms with van der Waals surface area (Å²) in [5.74, 6) is 0.842. The van der Waals surface area contributed by atoms with Gasteiger partial charge in [-0.05, 0) is 36.1 Å². The molecule has 5 nitrogen and oxygen atoms in total. The zero-order valence-electron chi connectivity index (χ0n) is 16.1. The summed E-state index contributed by atoms with van der Waals surface area (Å²) in [7, 11) is 1.71. The van der Waals surface area contributed by atoms with Gasteiger partial charge in [0.1, 0.15) is 0 Å². The van der Waals surface area contributed by atoms with Gasteiger partial charge in [-0.3, -0.25) is 0 Å².